The summed E-state index contributed by atoms with van der Waals surface area (Å²) < 4.78 is 37.0. The summed E-state index contributed by atoms with van der Waals surface area (Å²) in [5.74, 6) is 0.0304. The zero-order chi connectivity index (χ0) is 17.6. The number of carbonyl (C=O) groups excluding carboxylic acids is 1. The van der Waals surface area contributed by atoms with E-state index in [0.717, 1.165) is 11.1 Å². The number of aliphatic hydroxyl groups is 1. The maximum atomic E-state index is 12.3. The molecule has 0 aromatic heterocycles. The number of nitrogens with zero attached hydrogens (tertiary/aromatic N) is 1. The molecule has 1 aromatic rings. The van der Waals surface area contributed by atoms with Crippen LogP contribution in [0.1, 0.15) is 17.5 Å². The normalized spacial score (nSPS) is 18.6. The molecule has 0 aliphatic carbocycles. The van der Waals surface area contributed by atoms with Gasteiger partial charge >= 0.3 is 12.2 Å². The Morgan fingerprint density at radius 2 is 1.96 bits per heavy atom. The van der Waals surface area contributed by atoms with Crippen LogP contribution >= 0.6 is 0 Å². The summed E-state index contributed by atoms with van der Waals surface area (Å²) >= 11 is 0. The number of amides is 2. The summed E-state index contributed by atoms with van der Waals surface area (Å²) in [4.78, 5) is 13.2. The van der Waals surface area contributed by atoms with Crippen LogP contribution < -0.4 is 10.6 Å². The molecule has 0 spiro atoms. The first-order valence-corrected chi connectivity index (χ1v) is 7.86. The van der Waals surface area contributed by atoms with Gasteiger partial charge in [-0.15, -0.1) is 0 Å². The molecule has 1 aliphatic heterocycles. The molecule has 1 heterocycles. The van der Waals surface area contributed by atoms with E-state index in [1.54, 1.807) is 6.07 Å². The van der Waals surface area contributed by atoms with Crippen LogP contribution in [0.3, 0.4) is 0 Å². The highest BCUT2D eigenvalue weighted by atomic mass is 19.4. The molecule has 0 bridgehead atoms. The summed E-state index contributed by atoms with van der Waals surface area (Å²) in [6, 6.07) is 6.86. The van der Waals surface area contributed by atoms with E-state index >= 15 is 0 Å². The number of rotatable bonds is 6. The van der Waals surface area contributed by atoms with Crippen LogP contribution in [-0.4, -0.2) is 48.4 Å². The Kier molecular flexibility index (Phi) is 6.44. The molecule has 2 amide bonds. The number of alkyl halides is 3. The lowest BCUT2D eigenvalue weighted by Gasteiger charge is -2.18. The molecule has 1 atom stereocenters. The minimum atomic E-state index is -4.18. The number of urea groups is 1. The molecule has 24 heavy (non-hydrogen) atoms. The van der Waals surface area contributed by atoms with Crippen LogP contribution in [0.5, 0.6) is 0 Å². The summed E-state index contributed by atoms with van der Waals surface area (Å²) in [7, 11) is 0. The molecule has 0 radical (unpaired) electrons. The highest BCUT2D eigenvalue weighted by Crippen LogP contribution is 2.22. The molecule has 1 aromatic carbocycles. The van der Waals surface area contributed by atoms with Crippen molar-refractivity contribution in [3.8, 4) is 0 Å². The van der Waals surface area contributed by atoms with Gasteiger partial charge in [-0.1, -0.05) is 24.3 Å². The second-order valence-electron chi connectivity index (χ2n) is 6.00. The number of nitrogens with one attached hydrogen (secondary N) is 2. The second-order valence-corrected chi connectivity index (χ2v) is 6.00. The van der Waals surface area contributed by atoms with Gasteiger partial charge < -0.3 is 15.7 Å². The Morgan fingerprint density at radius 3 is 2.62 bits per heavy atom. The quantitative estimate of drug-likeness (QED) is 0.737. The van der Waals surface area contributed by atoms with Gasteiger partial charge in [0.05, 0.1) is 13.2 Å². The first-order valence-electron chi connectivity index (χ1n) is 7.86. The van der Waals surface area contributed by atoms with E-state index in [0.29, 0.717) is 26.1 Å². The van der Waals surface area contributed by atoms with Crippen molar-refractivity contribution in [2.45, 2.75) is 25.7 Å². The number of hydrogen-bond donors (Lipinski definition) is 3. The number of aliphatic hydroxyl groups excluding tert-OH is 1. The lowest BCUT2D eigenvalue weighted by molar-refractivity contribution is -0.143. The predicted octanol–water partition coefficient (Wildman–Crippen LogP) is 1.86. The average molecular weight is 345 g/mol. The lowest BCUT2D eigenvalue weighted by Crippen LogP contribution is -2.39. The van der Waals surface area contributed by atoms with E-state index < -0.39 is 12.7 Å². The van der Waals surface area contributed by atoms with Crippen molar-refractivity contribution in [3.05, 3.63) is 35.4 Å². The molecule has 5 nitrogen and oxygen atoms in total. The van der Waals surface area contributed by atoms with Gasteiger partial charge in [0.15, 0.2) is 0 Å². The van der Waals surface area contributed by atoms with E-state index in [1.165, 1.54) is 4.90 Å². The van der Waals surface area contributed by atoms with Crippen molar-refractivity contribution in [2.75, 3.05) is 26.2 Å². The number of halogens is 3. The Labute approximate surface area is 138 Å². The van der Waals surface area contributed by atoms with Crippen LogP contribution in [0.15, 0.2) is 24.3 Å². The number of carbonyl (C=O) groups is 1. The molecule has 1 unspecified atom stereocenters. The van der Waals surface area contributed by atoms with Crippen molar-refractivity contribution in [1.29, 1.82) is 0 Å². The Morgan fingerprint density at radius 1 is 1.25 bits per heavy atom. The standard InChI is InChI=1S/C16H22F3N3O2/c17-16(18,19)11-22-6-5-12(9-22)7-20-15(24)21-8-13-3-1-2-4-14(13)10-23/h1-4,12,23H,5-11H2,(H2,20,21,24). The summed E-state index contributed by atoms with van der Waals surface area (Å²) in [6.07, 6.45) is -3.54. The predicted molar refractivity (Wildman–Crippen MR) is 83.2 cm³/mol. The molecule has 134 valence electrons. The molecule has 1 aliphatic rings. The molecule has 1 saturated heterocycles. The maximum absolute atomic E-state index is 12.3. The molecular weight excluding hydrogens is 323 g/mol. The van der Waals surface area contributed by atoms with E-state index in [9.17, 15) is 23.1 Å². The zero-order valence-corrected chi connectivity index (χ0v) is 13.3. The number of benzene rings is 1. The monoisotopic (exact) mass is 345 g/mol. The van der Waals surface area contributed by atoms with Gasteiger partial charge in [0.1, 0.15) is 0 Å². The topological polar surface area (TPSA) is 64.6 Å². The average Bonchev–Trinajstić information content (AvgIpc) is 2.96. The number of hydrogen-bond acceptors (Lipinski definition) is 3. The smallest absolute Gasteiger partial charge is 0.392 e. The number of likely N-dealkylation sites (tertiary alicyclic amines) is 1. The Hall–Kier alpha value is -1.80. The fourth-order valence-electron chi connectivity index (χ4n) is 2.84. The van der Waals surface area contributed by atoms with Crippen LogP contribution in [0.25, 0.3) is 0 Å². The fraction of sp³-hybridized carbons (Fsp3) is 0.562. The van der Waals surface area contributed by atoms with Gasteiger partial charge in [0.25, 0.3) is 0 Å². The van der Waals surface area contributed by atoms with Crippen LogP contribution in [0.2, 0.25) is 0 Å². The molecular formula is C16H22F3N3O2. The van der Waals surface area contributed by atoms with Gasteiger partial charge in [-0.2, -0.15) is 13.2 Å². The summed E-state index contributed by atoms with van der Waals surface area (Å²) in [5, 5.41) is 14.6. The van der Waals surface area contributed by atoms with Crippen molar-refractivity contribution in [2.24, 2.45) is 5.92 Å². The molecule has 2 rings (SSSR count). The van der Waals surface area contributed by atoms with E-state index in [-0.39, 0.29) is 25.1 Å². The summed E-state index contributed by atoms with van der Waals surface area (Å²) in [6.45, 7) is 0.379. The third-order valence-corrected chi connectivity index (χ3v) is 4.05. The minimum absolute atomic E-state index is 0.0304. The van der Waals surface area contributed by atoms with Crippen molar-refractivity contribution >= 4 is 6.03 Å². The van der Waals surface area contributed by atoms with E-state index in [1.807, 2.05) is 18.2 Å². The van der Waals surface area contributed by atoms with Gasteiger partial charge in [0.2, 0.25) is 0 Å². The molecule has 3 N–H and O–H groups in total. The fourth-order valence-corrected chi connectivity index (χ4v) is 2.84. The van der Waals surface area contributed by atoms with Crippen LogP contribution in [0.4, 0.5) is 18.0 Å². The highest BCUT2D eigenvalue weighted by molar-refractivity contribution is 5.73. The van der Waals surface area contributed by atoms with Gasteiger partial charge in [-0.05, 0) is 30.0 Å². The van der Waals surface area contributed by atoms with Crippen LogP contribution in [-0.2, 0) is 13.2 Å². The van der Waals surface area contributed by atoms with Crippen molar-refractivity contribution in [3.63, 3.8) is 0 Å². The van der Waals surface area contributed by atoms with Gasteiger partial charge in [-0.3, -0.25) is 4.90 Å². The van der Waals surface area contributed by atoms with E-state index in [2.05, 4.69) is 10.6 Å². The first-order chi connectivity index (χ1) is 11.4. The third-order valence-electron chi connectivity index (χ3n) is 4.05. The van der Waals surface area contributed by atoms with Gasteiger partial charge in [-0.25, -0.2) is 4.79 Å². The Bertz CT molecular complexity index is 552. The highest BCUT2D eigenvalue weighted by Gasteiger charge is 2.34. The Balaban J connectivity index is 1.69. The minimum Gasteiger partial charge on any atom is -0.392 e. The first kappa shape index (κ1) is 18.5. The third kappa shape index (κ3) is 6.01. The van der Waals surface area contributed by atoms with Crippen molar-refractivity contribution < 1.29 is 23.1 Å². The SMILES string of the molecule is O=C(NCc1ccccc1CO)NCC1CCN(CC(F)(F)F)C1. The molecule has 0 saturated carbocycles. The summed E-state index contributed by atoms with van der Waals surface area (Å²) in [5.41, 5.74) is 1.57. The van der Waals surface area contributed by atoms with Crippen LogP contribution in [0, 0.1) is 5.92 Å². The molecule has 8 heteroatoms. The maximum Gasteiger partial charge on any atom is 0.401 e. The van der Waals surface area contributed by atoms with Gasteiger partial charge in [0, 0.05) is 19.6 Å². The second kappa shape index (κ2) is 8.34. The molecule has 1 fully saturated rings. The van der Waals surface area contributed by atoms with E-state index in [4.69, 9.17) is 0 Å². The largest absolute Gasteiger partial charge is 0.401 e. The van der Waals surface area contributed by atoms with Crippen molar-refractivity contribution in [1.82, 2.24) is 15.5 Å². The zero-order valence-electron chi connectivity index (χ0n) is 13.3. The lowest BCUT2D eigenvalue weighted by atomic mass is 10.1.